The van der Waals surface area contributed by atoms with Gasteiger partial charge in [0.2, 0.25) is 0 Å². The van der Waals surface area contributed by atoms with Crippen LogP contribution in [-0.2, 0) is 19.4 Å². The predicted octanol–water partition coefficient (Wildman–Crippen LogP) is 2.25. The van der Waals surface area contributed by atoms with Crippen molar-refractivity contribution in [1.82, 2.24) is 4.90 Å². The highest BCUT2D eigenvalue weighted by atomic mass is 32.2. The highest BCUT2D eigenvalue weighted by Crippen LogP contribution is 2.29. The van der Waals surface area contributed by atoms with E-state index >= 15 is 0 Å². The van der Waals surface area contributed by atoms with Gasteiger partial charge in [0.05, 0.1) is 17.1 Å². The van der Waals surface area contributed by atoms with Crippen molar-refractivity contribution in [3.63, 3.8) is 0 Å². The van der Waals surface area contributed by atoms with Gasteiger partial charge in [-0.25, -0.2) is 17.6 Å². The molecule has 1 atom stereocenters. The van der Waals surface area contributed by atoms with Crippen LogP contribution in [-0.4, -0.2) is 55.4 Å². The molecule has 6 nitrogen and oxygen atoms in total. The van der Waals surface area contributed by atoms with Crippen LogP contribution in [0.5, 0.6) is 0 Å². The third-order valence-electron chi connectivity index (χ3n) is 5.34. The molecule has 2 fully saturated rings. The van der Waals surface area contributed by atoms with Crippen LogP contribution in [0.2, 0.25) is 0 Å². The van der Waals surface area contributed by atoms with Gasteiger partial charge in [-0.2, -0.15) is 0 Å². The van der Waals surface area contributed by atoms with E-state index in [2.05, 4.69) is 0 Å². The van der Waals surface area contributed by atoms with Crippen LogP contribution >= 0.6 is 0 Å². The van der Waals surface area contributed by atoms with E-state index in [1.807, 2.05) is 0 Å². The van der Waals surface area contributed by atoms with Crippen LogP contribution < -0.4 is 0 Å². The number of hydrogen-bond donors (Lipinski definition) is 0. The van der Waals surface area contributed by atoms with Crippen molar-refractivity contribution < 1.29 is 27.1 Å². The van der Waals surface area contributed by atoms with Crippen LogP contribution in [0.3, 0.4) is 0 Å². The van der Waals surface area contributed by atoms with Crippen LogP contribution in [0.25, 0.3) is 0 Å². The van der Waals surface area contributed by atoms with E-state index in [9.17, 15) is 22.4 Å². The predicted molar refractivity (Wildman–Crippen MR) is 97.6 cm³/mol. The fourth-order valence-corrected chi connectivity index (χ4v) is 5.60. The maximum Gasteiger partial charge on any atom is 0.338 e. The van der Waals surface area contributed by atoms with E-state index in [4.69, 9.17) is 4.74 Å². The number of halogens is 1. The lowest BCUT2D eigenvalue weighted by Gasteiger charge is -2.33. The summed E-state index contributed by atoms with van der Waals surface area (Å²) in [5, 5.41) is 0. The lowest BCUT2D eigenvalue weighted by Crippen LogP contribution is -2.48. The van der Waals surface area contributed by atoms with E-state index in [-0.39, 0.29) is 35.1 Å². The van der Waals surface area contributed by atoms with E-state index in [0.717, 1.165) is 31.7 Å². The van der Waals surface area contributed by atoms with E-state index in [0.29, 0.717) is 12.0 Å². The normalized spacial score (nSPS) is 21.9. The number of carbonyl (C=O) groups excluding carboxylic acids is 2. The highest BCUT2D eigenvalue weighted by Gasteiger charge is 2.39. The maximum atomic E-state index is 13.6. The number of esters is 1. The minimum atomic E-state index is -3.13. The lowest BCUT2D eigenvalue weighted by atomic mass is 10.1. The standard InChI is InChI=1S/C19H24FNO5S/c1-13-6-7-14(10-17(13)20)19(23)26-11-18(22)21(15-4-2-3-5-15)16-8-9-27(24,25)12-16/h6-7,10,15-16H,2-5,8-9,11-12H2,1H3/t16-/m1/s1. The molecule has 27 heavy (non-hydrogen) atoms. The van der Waals surface area contributed by atoms with Crippen molar-refractivity contribution in [2.24, 2.45) is 0 Å². The Morgan fingerprint density at radius 1 is 1.19 bits per heavy atom. The summed E-state index contributed by atoms with van der Waals surface area (Å²) < 4.78 is 42.4. The van der Waals surface area contributed by atoms with Gasteiger partial charge in [0.25, 0.3) is 5.91 Å². The number of aryl methyl sites for hydroxylation is 1. The molecule has 8 heteroatoms. The molecule has 1 saturated carbocycles. The van der Waals surface area contributed by atoms with Crippen LogP contribution in [0, 0.1) is 12.7 Å². The third-order valence-corrected chi connectivity index (χ3v) is 7.09. The second-order valence-corrected chi connectivity index (χ2v) is 9.56. The number of amides is 1. The van der Waals surface area contributed by atoms with Gasteiger partial charge in [0.15, 0.2) is 16.4 Å². The first-order valence-corrected chi connectivity index (χ1v) is 11.0. The zero-order valence-electron chi connectivity index (χ0n) is 15.3. The monoisotopic (exact) mass is 397 g/mol. The van der Waals surface area contributed by atoms with Crippen LogP contribution in [0.4, 0.5) is 4.39 Å². The molecule has 1 amide bonds. The van der Waals surface area contributed by atoms with Gasteiger partial charge in [-0.3, -0.25) is 4.79 Å². The van der Waals surface area contributed by atoms with Gasteiger partial charge in [-0.05, 0) is 43.9 Å². The molecule has 0 unspecified atom stereocenters. The number of sulfone groups is 1. The van der Waals surface area contributed by atoms with Crippen molar-refractivity contribution >= 4 is 21.7 Å². The molecule has 3 rings (SSSR count). The molecule has 0 N–H and O–H groups in total. The first kappa shape index (κ1) is 19.8. The Kier molecular flexibility index (Phi) is 5.83. The Hall–Kier alpha value is -1.96. The maximum absolute atomic E-state index is 13.6. The Morgan fingerprint density at radius 3 is 2.48 bits per heavy atom. The summed E-state index contributed by atoms with van der Waals surface area (Å²) in [4.78, 5) is 26.5. The Balaban J connectivity index is 1.67. The molecule has 148 valence electrons. The summed E-state index contributed by atoms with van der Waals surface area (Å²) in [6, 6.07) is 3.64. The number of benzene rings is 1. The molecular weight excluding hydrogens is 373 g/mol. The smallest absolute Gasteiger partial charge is 0.338 e. The van der Waals surface area contributed by atoms with Crippen molar-refractivity contribution in [1.29, 1.82) is 0 Å². The number of ether oxygens (including phenoxy) is 1. The SMILES string of the molecule is Cc1ccc(C(=O)OCC(=O)N(C2CCCC2)[C@@H]2CCS(=O)(=O)C2)cc1F. The minimum Gasteiger partial charge on any atom is -0.452 e. The molecule has 1 aromatic rings. The number of nitrogens with zero attached hydrogens (tertiary/aromatic N) is 1. The minimum absolute atomic E-state index is 0.00804. The molecule has 1 aromatic carbocycles. The second-order valence-electron chi connectivity index (χ2n) is 7.34. The van der Waals surface area contributed by atoms with Gasteiger partial charge in [0, 0.05) is 12.1 Å². The molecule has 0 radical (unpaired) electrons. The summed E-state index contributed by atoms with van der Waals surface area (Å²) in [5.41, 5.74) is 0.458. The highest BCUT2D eigenvalue weighted by molar-refractivity contribution is 7.91. The first-order chi connectivity index (χ1) is 12.8. The third kappa shape index (κ3) is 4.66. The average molecular weight is 397 g/mol. The summed E-state index contributed by atoms with van der Waals surface area (Å²) in [7, 11) is -3.13. The molecule has 1 aliphatic heterocycles. The summed E-state index contributed by atoms with van der Waals surface area (Å²) >= 11 is 0. The fraction of sp³-hybridized carbons (Fsp3) is 0.579. The Morgan fingerprint density at radius 2 is 1.89 bits per heavy atom. The van der Waals surface area contributed by atoms with Crippen LogP contribution in [0.1, 0.15) is 48.0 Å². The number of carbonyl (C=O) groups is 2. The molecule has 1 aliphatic carbocycles. The molecule has 1 heterocycles. The van der Waals surface area contributed by atoms with Crippen molar-refractivity contribution in [2.45, 2.75) is 51.1 Å². The fourth-order valence-electron chi connectivity index (χ4n) is 3.89. The van der Waals surface area contributed by atoms with Gasteiger partial charge in [-0.1, -0.05) is 18.9 Å². The van der Waals surface area contributed by atoms with E-state index in [1.54, 1.807) is 11.8 Å². The summed E-state index contributed by atoms with van der Waals surface area (Å²) in [6.45, 7) is 1.12. The van der Waals surface area contributed by atoms with Gasteiger partial charge in [0.1, 0.15) is 5.82 Å². The van der Waals surface area contributed by atoms with Crippen molar-refractivity contribution in [3.8, 4) is 0 Å². The quantitative estimate of drug-likeness (QED) is 0.712. The average Bonchev–Trinajstić information content (AvgIpc) is 3.25. The molecule has 0 bridgehead atoms. The van der Waals surface area contributed by atoms with Crippen LogP contribution in [0.15, 0.2) is 18.2 Å². The number of rotatable bonds is 5. The summed E-state index contributed by atoms with van der Waals surface area (Å²) in [5.74, 6) is -1.62. The van der Waals surface area contributed by atoms with Crippen molar-refractivity contribution in [2.75, 3.05) is 18.1 Å². The topological polar surface area (TPSA) is 80.8 Å². The van der Waals surface area contributed by atoms with Gasteiger partial charge in [-0.15, -0.1) is 0 Å². The van der Waals surface area contributed by atoms with E-state index in [1.165, 1.54) is 12.1 Å². The van der Waals surface area contributed by atoms with Gasteiger partial charge >= 0.3 is 5.97 Å². The molecule has 2 aliphatic rings. The number of hydrogen-bond acceptors (Lipinski definition) is 5. The molecule has 1 saturated heterocycles. The zero-order chi connectivity index (χ0) is 19.6. The van der Waals surface area contributed by atoms with Crippen molar-refractivity contribution in [3.05, 3.63) is 35.1 Å². The molecule has 0 aromatic heterocycles. The second kappa shape index (κ2) is 7.96. The Bertz CT molecular complexity index is 833. The molecular formula is C19H24FNO5S. The summed E-state index contributed by atoms with van der Waals surface area (Å²) in [6.07, 6.45) is 4.08. The van der Waals surface area contributed by atoms with E-state index < -0.39 is 28.2 Å². The Labute approximate surface area is 158 Å². The first-order valence-electron chi connectivity index (χ1n) is 9.22. The molecule has 0 spiro atoms. The van der Waals surface area contributed by atoms with Gasteiger partial charge < -0.3 is 9.64 Å². The zero-order valence-corrected chi connectivity index (χ0v) is 16.1. The lowest BCUT2D eigenvalue weighted by molar-refractivity contribution is -0.139. The largest absolute Gasteiger partial charge is 0.452 e.